The van der Waals surface area contributed by atoms with Gasteiger partial charge in [0.25, 0.3) is 0 Å². The van der Waals surface area contributed by atoms with Gasteiger partial charge in [-0.15, -0.1) is 0 Å². The van der Waals surface area contributed by atoms with Gasteiger partial charge in [0.2, 0.25) is 0 Å². The molecule has 0 radical (unpaired) electrons. The van der Waals surface area contributed by atoms with Crippen molar-refractivity contribution in [3.05, 3.63) is 35.4 Å². The molecule has 1 fully saturated rings. The molecule has 0 amide bonds. The number of hydrogen-bond donors (Lipinski definition) is 1. The van der Waals surface area contributed by atoms with E-state index >= 15 is 0 Å². The number of carbonyl (C=O) groups is 1. The van der Waals surface area contributed by atoms with Gasteiger partial charge in [-0.3, -0.25) is 0 Å². The Bertz CT molecular complexity index is 478. The van der Waals surface area contributed by atoms with Crippen LogP contribution < -0.4 is 0 Å². The topological polar surface area (TPSA) is 55.8 Å². The molecule has 116 valence electrons. The third kappa shape index (κ3) is 4.18. The van der Waals surface area contributed by atoms with Gasteiger partial charge >= 0.3 is 12.1 Å². The van der Waals surface area contributed by atoms with Gasteiger partial charge < -0.3 is 14.6 Å². The molecule has 21 heavy (non-hydrogen) atoms. The molecule has 0 aliphatic carbocycles. The second kappa shape index (κ2) is 6.44. The minimum atomic E-state index is -4.45. The minimum absolute atomic E-state index is 0.157. The van der Waals surface area contributed by atoms with Gasteiger partial charge in [-0.05, 0) is 37.0 Å². The summed E-state index contributed by atoms with van der Waals surface area (Å²) in [6, 6.07) is 3.92. The van der Waals surface area contributed by atoms with Gasteiger partial charge in [-0.2, -0.15) is 13.2 Å². The molecule has 1 aromatic rings. The number of rotatable bonds is 4. The zero-order valence-electron chi connectivity index (χ0n) is 11.1. The lowest BCUT2D eigenvalue weighted by molar-refractivity contribution is -0.202. The summed E-state index contributed by atoms with van der Waals surface area (Å²) >= 11 is 0. The second-order valence-electron chi connectivity index (χ2n) is 4.77. The Balaban J connectivity index is 2.12. The van der Waals surface area contributed by atoms with Crippen LogP contribution in [0, 0.1) is 0 Å². The standard InChI is InChI=1S/C14H15F3O4/c15-14(16,17)10-6-4-9(5-7-10)12(13(18)19)21-11-3-1-2-8-20-11/h4-7,11-12H,1-3,8H2,(H,18,19)/t11?,12-/m0/s1. The Labute approximate surface area is 119 Å². The fraction of sp³-hybridized carbons (Fsp3) is 0.500. The maximum Gasteiger partial charge on any atom is 0.416 e. The van der Waals surface area contributed by atoms with E-state index in [4.69, 9.17) is 9.47 Å². The van der Waals surface area contributed by atoms with E-state index in [2.05, 4.69) is 0 Å². The Morgan fingerprint density at radius 2 is 1.95 bits per heavy atom. The molecule has 1 heterocycles. The van der Waals surface area contributed by atoms with Crippen molar-refractivity contribution in [2.75, 3.05) is 6.61 Å². The maximum atomic E-state index is 12.5. The van der Waals surface area contributed by atoms with Gasteiger partial charge in [0.15, 0.2) is 12.4 Å². The first-order valence-electron chi connectivity index (χ1n) is 6.55. The highest BCUT2D eigenvalue weighted by Crippen LogP contribution is 2.31. The molecule has 7 heteroatoms. The van der Waals surface area contributed by atoms with Crippen LogP contribution in [0.25, 0.3) is 0 Å². The van der Waals surface area contributed by atoms with Gasteiger partial charge in [0.1, 0.15) is 0 Å². The molecule has 4 nitrogen and oxygen atoms in total. The fourth-order valence-corrected chi connectivity index (χ4v) is 2.10. The van der Waals surface area contributed by atoms with Crippen LogP contribution in [0.5, 0.6) is 0 Å². The summed E-state index contributed by atoms with van der Waals surface area (Å²) in [4.78, 5) is 11.3. The molecule has 1 aliphatic rings. The highest BCUT2D eigenvalue weighted by molar-refractivity contribution is 5.74. The summed E-state index contributed by atoms with van der Waals surface area (Å²) in [6.45, 7) is 0.490. The highest BCUT2D eigenvalue weighted by Gasteiger charge is 2.31. The van der Waals surface area contributed by atoms with Crippen LogP contribution in [0.2, 0.25) is 0 Å². The first-order valence-corrected chi connectivity index (χ1v) is 6.55. The van der Waals surface area contributed by atoms with E-state index in [1.165, 1.54) is 0 Å². The van der Waals surface area contributed by atoms with Crippen LogP contribution in [0.4, 0.5) is 13.2 Å². The van der Waals surface area contributed by atoms with E-state index < -0.39 is 30.1 Å². The Kier molecular flexibility index (Phi) is 4.84. The summed E-state index contributed by atoms with van der Waals surface area (Å²) in [5.41, 5.74) is -0.672. The molecule has 2 atom stereocenters. The molecule has 1 aromatic carbocycles. The summed E-state index contributed by atoms with van der Waals surface area (Å²) < 4.78 is 48.1. The number of hydrogen-bond acceptors (Lipinski definition) is 3. The number of ether oxygens (including phenoxy) is 2. The Morgan fingerprint density at radius 3 is 2.43 bits per heavy atom. The first kappa shape index (κ1) is 15.8. The lowest BCUT2D eigenvalue weighted by Crippen LogP contribution is -2.27. The van der Waals surface area contributed by atoms with Gasteiger partial charge in [-0.25, -0.2) is 4.79 Å². The number of halogens is 3. The summed E-state index contributed by atoms with van der Waals surface area (Å²) in [7, 11) is 0. The highest BCUT2D eigenvalue weighted by atomic mass is 19.4. The molecule has 0 bridgehead atoms. The van der Waals surface area contributed by atoms with Crippen LogP contribution >= 0.6 is 0 Å². The van der Waals surface area contributed by atoms with Crippen molar-refractivity contribution in [2.45, 2.75) is 37.8 Å². The summed E-state index contributed by atoms with van der Waals surface area (Å²) in [5, 5.41) is 9.18. The van der Waals surface area contributed by atoms with E-state index in [1.807, 2.05) is 0 Å². The van der Waals surface area contributed by atoms with E-state index in [9.17, 15) is 23.1 Å². The van der Waals surface area contributed by atoms with Crippen molar-refractivity contribution >= 4 is 5.97 Å². The minimum Gasteiger partial charge on any atom is -0.479 e. The molecule has 0 saturated carbocycles. The van der Waals surface area contributed by atoms with Crippen molar-refractivity contribution in [3.63, 3.8) is 0 Å². The lowest BCUT2D eigenvalue weighted by atomic mass is 10.1. The van der Waals surface area contributed by atoms with Crippen LogP contribution in [0.3, 0.4) is 0 Å². The third-order valence-electron chi connectivity index (χ3n) is 3.19. The van der Waals surface area contributed by atoms with Gasteiger partial charge in [0, 0.05) is 6.61 Å². The lowest BCUT2D eigenvalue weighted by Gasteiger charge is -2.26. The smallest absolute Gasteiger partial charge is 0.416 e. The van der Waals surface area contributed by atoms with Crippen molar-refractivity contribution in [1.82, 2.24) is 0 Å². The SMILES string of the molecule is O=C(O)[C@@H](OC1CCCCO1)c1ccc(C(F)(F)F)cc1. The molecule has 1 unspecified atom stereocenters. The second-order valence-corrected chi connectivity index (χ2v) is 4.77. The molecule has 0 spiro atoms. The summed E-state index contributed by atoms with van der Waals surface area (Å²) in [5.74, 6) is -1.26. The van der Waals surface area contributed by atoms with Crippen LogP contribution in [0.1, 0.15) is 36.5 Å². The summed E-state index contributed by atoms with van der Waals surface area (Å²) in [6.07, 6.45) is -4.10. The third-order valence-corrected chi connectivity index (χ3v) is 3.19. The number of aliphatic carboxylic acids is 1. The Hall–Kier alpha value is -1.60. The number of benzene rings is 1. The van der Waals surface area contributed by atoms with Crippen molar-refractivity contribution < 1.29 is 32.5 Å². The molecule has 1 aliphatic heterocycles. The first-order chi connectivity index (χ1) is 9.88. The van der Waals surface area contributed by atoms with Crippen molar-refractivity contribution in [3.8, 4) is 0 Å². The van der Waals surface area contributed by atoms with Crippen molar-refractivity contribution in [1.29, 1.82) is 0 Å². The zero-order chi connectivity index (χ0) is 15.5. The number of carboxylic acid groups (broad SMARTS) is 1. The van der Waals surface area contributed by atoms with E-state index in [0.717, 1.165) is 37.1 Å². The Morgan fingerprint density at radius 1 is 1.29 bits per heavy atom. The molecule has 0 aromatic heterocycles. The van der Waals surface area contributed by atoms with E-state index in [1.54, 1.807) is 0 Å². The number of carboxylic acids is 1. The van der Waals surface area contributed by atoms with Crippen molar-refractivity contribution in [2.24, 2.45) is 0 Å². The maximum absolute atomic E-state index is 12.5. The van der Waals surface area contributed by atoms with Crippen LogP contribution in [-0.4, -0.2) is 24.0 Å². The van der Waals surface area contributed by atoms with Crippen LogP contribution in [0.15, 0.2) is 24.3 Å². The monoisotopic (exact) mass is 304 g/mol. The quantitative estimate of drug-likeness (QED) is 0.926. The number of alkyl halides is 3. The van der Waals surface area contributed by atoms with Crippen LogP contribution in [-0.2, 0) is 20.4 Å². The normalized spacial score (nSPS) is 21.0. The molecule has 2 rings (SSSR count). The molecular weight excluding hydrogens is 289 g/mol. The van der Waals surface area contributed by atoms with Gasteiger partial charge in [-0.1, -0.05) is 12.1 Å². The largest absolute Gasteiger partial charge is 0.479 e. The molecule has 1 N–H and O–H groups in total. The average Bonchev–Trinajstić information content (AvgIpc) is 2.45. The van der Waals surface area contributed by atoms with Gasteiger partial charge in [0.05, 0.1) is 5.56 Å². The van der Waals surface area contributed by atoms with E-state index in [-0.39, 0.29) is 5.56 Å². The molecule has 1 saturated heterocycles. The fourth-order valence-electron chi connectivity index (χ4n) is 2.10. The predicted molar refractivity (Wildman–Crippen MR) is 66.5 cm³/mol. The zero-order valence-corrected chi connectivity index (χ0v) is 11.1. The predicted octanol–water partition coefficient (Wildman–Crippen LogP) is 3.37. The molecular formula is C14H15F3O4. The average molecular weight is 304 g/mol. The van der Waals surface area contributed by atoms with E-state index in [0.29, 0.717) is 13.0 Å².